The second-order valence-electron chi connectivity index (χ2n) is 7.21. The van der Waals surface area contributed by atoms with Crippen LogP contribution in [0.4, 0.5) is 4.39 Å². The molecule has 0 saturated heterocycles. The summed E-state index contributed by atoms with van der Waals surface area (Å²) < 4.78 is 13.1. The first-order chi connectivity index (χ1) is 12.1. The van der Waals surface area contributed by atoms with Crippen LogP contribution in [0.25, 0.3) is 0 Å². The van der Waals surface area contributed by atoms with Crippen molar-refractivity contribution >= 4 is 17.6 Å². The predicted molar refractivity (Wildman–Crippen MR) is 97.5 cm³/mol. The molecule has 1 saturated carbocycles. The minimum absolute atomic E-state index is 0.170. The van der Waals surface area contributed by atoms with Crippen LogP contribution in [0.1, 0.15) is 28.7 Å². The first-order valence-electron chi connectivity index (χ1n) is 8.70. The topological polar surface area (TPSA) is 27.6 Å². The van der Waals surface area contributed by atoms with Crippen LogP contribution < -0.4 is 5.32 Å². The maximum atomic E-state index is 13.1. The summed E-state index contributed by atoms with van der Waals surface area (Å²) in [6, 6.07) is 13.6. The van der Waals surface area contributed by atoms with E-state index in [2.05, 4.69) is 28.3 Å². The average molecular weight is 356 g/mol. The monoisotopic (exact) mass is 355 g/mol. The maximum absolute atomic E-state index is 13.1. The summed E-state index contributed by atoms with van der Waals surface area (Å²) in [6.07, 6.45) is 1.05. The van der Waals surface area contributed by atoms with Gasteiger partial charge in [-0.3, -0.25) is 4.99 Å². The van der Waals surface area contributed by atoms with Crippen LogP contribution in [-0.4, -0.2) is 30.5 Å². The van der Waals surface area contributed by atoms with Crippen molar-refractivity contribution in [2.75, 3.05) is 13.6 Å². The Balaban J connectivity index is 1.29. The molecular weight excluding hydrogens is 337 g/mol. The third-order valence-corrected chi connectivity index (χ3v) is 6.24. The van der Waals surface area contributed by atoms with Gasteiger partial charge in [0.2, 0.25) is 0 Å². The van der Waals surface area contributed by atoms with Gasteiger partial charge in [0.05, 0.1) is 12.6 Å². The quantitative estimate of drug-likeness (QED) is 0.888. The minimum Gasteiger partial charge on any atom is -0.353 e. The van der Waals surface area contributed by atoms with Gasteiger partial charge in [-0.1, -0.05) is 35.9 Å². The van der Waals surface area contributed by atoms with E-state index in [1.807, 2.05) is 24.3 Å². The summed E-state index contributed by atoms with van der Waals surface area (Å²) in [7, 11) is 2.05. The molecule has 4 atom stereocenters. The predicted octanol–water partition coefficient (Wildman–Crippen LogP) is 3.75. The van der Waals surface area contributed by atoms with Crippen molar-refractivity contribution in [3.05, 3.63) is 70.0 Å². The van der Waals surface area contributed by atoms with Crippen LogP contribution in [0, 0.1) is 11.7 Å². The van der Waals surface area contributed by atoms with E-state index in [4.69, 9.17) is 11.6 Å². The normalized spacial score (nSPS) is 29.2. The zero-order chi connectivity index (χ0) is 17.1. The fourth-order valence-corrected chi connectivity index (χ4v) is 4.71. The molecule has 0 amide bonds. The summed E-state index contributed by atoms with van der Waals surface area (Å²) in [4.78, 5) is 6.86. The number of fused-ring (bicyclic) bond motifs is 3. The Morgan fingerprint density at radius 3 is 2.80 bits per heavy atom. The lowest BCUT2D eigenvalue weighted by molar-refractivity contribution is 0.404. The first-order valence-corrected chi connectivity index (χ1v) is 9.08. The van der Waals surface area contributed by atoms with Crippen molar-refractivity contribution in [2.24, 2.45) is 10.9 Å². The van der Waals surface area contributed by atoms with Crippen molar-refractivity contribution in [3.63, 3.8) is 0 Å². The SMILES string of the molecule is CN1C(NC2C3Cc4c(Cl)cccc4C32)=NCC1c1ccc(F)cc1. The number of halogens is 2. The molecule has 0 aromatic heterocycles. The summed E-state index contributed by atoms with van der Waals surface area (Å²) in [5, 5.41) is 4.53. The molecule has 0 bridgehead atoms. The second-order valence-corrected chi connectivity index (χ2v) is 7.62. The van der Waals surface area contributed by atoms with Gasteiger partial charge in [-0.2, -0.15) is 0 Å². The summed E-state index contributed by atoms with van der Waals surface area (Å²) >= 11 is 6.32. The van der Waals surface area contributed by atoms with Gasteiger partial charge < -0.3 is 10.2 Å². The van der Waals surface area contributed by atoms with Crippen molar-refractivity contribution in [1.29, 1.82) is 0 Å². The van der Waals surface area contributed by atoms with Crippen molar-refractivity contribution < 1.29 is 4.39 Å². The molecule has 1 heterocycles. The maximum Gasteiger partial charge on any atom is 0.194 e. The number of aliphatic imine (C=N–C) groups is 1. The van der Waals surface area contributed by atoms with Crippen LogP contribution in [0.2, 0.25) is 5.02 Å². The summed E-state index contributed by atoms with van der Waals surface area (Å²) in [5.74, 6) is 1.91. The summed E-state index contributed by atoms with van der Waals surface area (Å²) in [6.45, 7) is 0.703. The molecule has 5 rings (SSSR count). The third-order valence-electron chi connectivity index (χ3n) is 5.89. The highest BCUT2D eigenvalue weighted by Gasteiger charge is 2.57. The minimum atomic E-state index is -0.202. The van der Waals surface area contributed by atoms with Gasteiger partial charge >= 0.3 is 0 Å². The van der Waals surface area contributed by atoms with Crippen molar-refractivity contribution in [2.45, 2.75) is 24.4 Å². The molecule has 0 radical (unpaired) electrons. The molecule has 25 heavy (non-hydrogen) atoms. The average Bonchev–Trinajstić information content (AvgIpc) is 2.93. The smallest absolute Gasteiger partial charge is 0.194 e. The number of nitrogens with one attached hydrogen (secondary N) is 1. The van der Waals surface area contributed by atoms with Crippen LogP contribution >= 0.6 is 11.6 Å². The Labute approximate surface area is 151 Å². The highest BCUT2D eigenvalue weighted by Crippen LogP contribution is 2.57. The molecule has 3 nitrogen and oxygen atoms in total. The zero-order valence-electron chi connectivity index (χ0n) is 13.9. The Morgan fingerprint density at radius 2 is 2.00 bits per heavy atom. The molecule has 1 aliphatic heterocycles. The first kappa shape index (κ1) is 15.2. The standard InChI is InChI=1S/C20H19ClFN3/c1-25-17(11-5-7-12(22)8-6-11)10-23-20(25)24-19-15-9-14-13(18(15)19)3-2-4-16(14)21/h2-8,15,17-19H,9-10H2,1H3,(H,23,24). The van der Waals surface area contributed by atoms with E-state index in [0.29, 0.717) is 24.4 Å². The van der Waals surface area contributed by atoms with E-state index >= 15 is 0 Å². The molecular formula is C20H19ClFN3. The highest BCUT2D eigenvalue weighted by molar-refractivity contribution is 6.31. The highest BCUT2D eigenvalue weighted by atomic mass is 35.5. The largest absolute Gasteiger partial charge is 0.353 e. The van der Waals surface area contributed by atoms with E-state index < -0.39 is 0 Å². The van der Waals surface area contributed by atoms with Gasteiger partial charge in [0.1, 0.15) is 5.82 Å². The van der Waals surface area contributed by atoms with Gasteiger partial charge in [0.15, 0.2) is 5.96 Å². The van der Waals surface area contributed by atoms with Gasteiger partial charge in [-0.25, -0.2) is 4.39 Å². The third kappa shape index (κ3) is 2.35. The van der Waals surface area contributed by atoms with Crippen molar-refractivity contribution in [1.82, 2.24) is 10.2 Å². The van der Waals surface area contributed by atoms with Crippen molar-refractivity contribution in [3.8, 4) is 0 Å². The van der Waals surface area contributed by atoms with E-state index in [1.165, 1.54) is 23.3 Å². The molecule has 1 N–H and O–H groups in total. The van der Waals surface area contributed by atoms with E-state index in [1.54, 1.807) is 0 Å². The van der Waals surface area contributed by atoms with Crippen LogP contribution in [0.3, 0.4) is 0 Å². The molecule has 3 aliphatic rings. The number of rotatable bonds is 2. The molecule has 0 spiro atoms. The van der Waals surface area contributed by atoms with Gasteiger partial charge in [0, 0.05) is 24.0 Å². The number of hydrogen-bond donors (Lipinski definition) is 1. The lowest BCUT2D eigenvalue weighted by atomic mass is 10.0. The van der Waals surface area contributed by atoms with E-state index in [9.17, 15) is 4.39 Å². The number of nitrogens with zero attached hydrogens (tertiary/aromatic N) is 2. The fourth-order valence-electron chi connectivity index (χ4n) is 4.45. The van der Waals surface area contributed by atoms with Gasteiger partial charge in [-0.15, -0.1) is 0 Å². The molecule has 2 aromatic rings. The van der Waals surface area contributed by atoms with Gasteiger partial charge in [0.25, 0.3) is 0 Å². The number of guanidine groups is 1. The number of hydrogen-bond acceptors (Lipinski definition) is 3. The Morgan fingerprint density at radius 1 is 1.20 bits per heavy atom. The Bertz CT molecular complexity index is 864. The lowest BCUT2D eigenvalue weighted by Crippen LogP contribution is -2.39. The van der Waals surface area contributed by atoms with Gasteiger partial charge in [-0.05, 0) is 47.2 Å². The second kappa shape index (κ2) is 5.46. The molecule has 2 aromatic carbocycles. The van der Waals surface area contributed by atoms with Crippen LogP contribution in [-0.2, 0) is 6.42 Å². The lowest BCUT2D eigenvalue weighted by Gasteiger charge is -2.24. The van der Waals surface area contributed by atoms with Crippen LogP contribution in [0.5, 0.6) is 0 Å². The summed E-state index contributed by atoms with van der Waals surface area (Å²) in [5.41, 5.74) is 3.81. The number of likely N-dealkylation sites (N-methyl/N-ethyl adjacent to an activating group) is 1. The van der Waals surface area contributed by atoms with Crippen LogP contribution in [0.15, 0.2) is 47.5 Å². The van der Waals surface area contributed by atoms with E-state index in [-0.39, 0.29) is 11.9 Å². The zero-order valence-corrected chi connectivity index (χ0v) is 14.7. The fraction of sp³-hybridized carbons (Fsp3) is 0.350. The molecule has 4 unspecified atom stereocenters. The molecule has 2 aliphatic carbocycles. The Hall–Kier alpha value is -2.07. The number of benzene rings is 2. The Kier molecular flexibility index (Phi) is 3.32. The molecule has 128 valence electrons. The molecule has 1 fully saturated rings. The molecule has 5 heteroatoms. The van der Waals surface area contributed by atoms with E-state index in [0.717, 1.165) is 23.0 Å².